The van der Waals surface area contributed by atoms with E-state index in [0.29, 0.717) is 17.1 Å². The summed E-state index contributed by atoms with van der Waals surface area (Å²) in [5.74, 6) is -1.92. The Balaban J connectivity index is 2.16. The Morgan fingerprint density at radius 1 is 0.833 bits per heavy atom. The van der Waals surface area contributed by atoms with Gasteiger partial charge in [-0.1, -0.05) is 12.1 Å². The van der Waals surface area contributed by atoms with E-state index < -0.39 is 18.0 Å². The number of anilines is 3. The normalized spacial score (nSPS) is 11.2. The van der Waals surface area contributed by atoms with Crippen LogP contribution in [0.3, 0.4) is 0 Å². The highest BCUT2D eigenvalue weighted by Crippen LogP contribution is 2.21. The van der Waals surface area contributed by atoms with Gasteiger partial charge in [-0.25, -0.2) is 4.79 Å². The molecule has 2 aromatic rings. The minimum atomic E-state index is -1.06. The first-order valence-electron chi connectivity index (χ1n) is 9.34. The Bertz CT molecular complexity index is 966. The molecular weight excluding hydrogens is 386 g/mol. The lowest BCUT2D eigenvalue weighted by molar-refractivity contribution is -0.123. The highest BCUT2D eigenvalue weighted by atomic mass is 16.5. The number of esters is 1. The molecule has 0 saturated carbocycles. The quantitative estimate of drug-likeness (QED) is 0.631. The third kappa shape index (κ3) is 6.44. The van der Waals surface area contributed by atoms with Crippen molar-refractivity contribution >= 4 is 40.8 Å². The number of ether oxygens (including phenoxy) is 1. The Labute approximate surface area is 175 Å². The number of hydrogen-bond donors (Lipinski definition) is 3. The van der Waals surface area contributed by atoms with Crippen LogP contribution in [-0.2, 0) is 19.1 Å². The zero-order valence-electron chi connectivity index (χ0n) is 17.6. The van der Waals surface area contributed by atoms with Crippen LogP contribution in [0.2, 0.25) is 0 Å². The maximum Gasteiger partial charge on any atom is 0.339 e. The smallest absolute Gasteiger partial charge is 0.339 e. The van der Waals surface area contributed by atoms with E-state index in [1.54, 1.807) is 0 Å². The van der Waals surface area contributed by atoms with Crippen molar-refractivity contribution in [3.8, 4) is 0 Å². The second kappa shape index (κ2) is 9.69. The van der Waals surface area contributed by atoms with Crippen LogP contribution in [0.4, 0.5) is 17.1 Å². The molecular formula is C22H25N3O5. The van der Waals surface area contributed by atoms with Gasteiger partial charge in [-0.3, -0.25) is 14.4 Å². The maximum absolute atomic E-state index is 12.6. The van der Waals surface area contributed by atoms with Crippen LogP contribution < -0.4 is 16.0 Å². The highest BCUT2D eigenvalue weighted by molar-refractivity contribution is 6.00. The Hall–Kier alpha value is -3.68. The van der Waals surface area contributed by atoms with Crippen LogP contribution in [0, 0.1) is 13.8 Å². The Kier molecular flexibility index (Phi) is 7.30. The fourth-order valence-corrected chi connectivity index (χ4v) is 2.68. The minimum absolute atomic E-state index is 0.0800. The lowest BCUT2D eigenvalue weighted by atomic mass is 10.1. The number of aryl methyl sites for hydroxylation is 2. The van der Waals surface area contributed by atoms with E-state index in [9.17, 15) is 19.2 Å². The van der Waals surface area contributed by atoms with Crippen LogP contribution in [0.15, 0.2) is 36.4 Å². The lowest BCUT2D eigenvalue weighted by Crippen LogP contribution is -2.30. The molecule has 158 valence electrons. The van der Waals surface area contributed by atoms with Crippen molar-refractivity contribution in [3.05, 3.63) is 53.1 Å². The lowest BCUT2D eigenvalue weighted by Gasteiger charge is -2.16. The molecule has 0 aliphatic carbocycles. The van der Waals surface area contributed by atoms with Gasteiger partial charge in [0.15, 0.2) is 6.10 Å². The van der Waals surface area contributed by atoms with E-state index in [1.807, 2.05) is 32.0 Å². The number of carbonyl (C=O) groups excluding carboxylic acids is 4. The number of rotatable bonds is 6. The van der Waals surface area contributed by atoms with Gasteiger partial charge in [0.2, 0.25) is 11.8 Å². The van der Waals surface area contributed by atoms with Gasteiger partial charge in [-0.2, -0.15) is 0 Å². The topological polar surface area (TPSA) is 114 Å². The van der Waals surface area contributed by atoms with Gasteiger partial charge in [-0.05, 0) is 56.2 Å². The molecule has 3 N–H and O–H groups in total. The van der Waals surface area contributed by atoms with Gasteiger partial charge < -0.3 is 20.7 Å². The van der Waals surface area contributed by atoms with Crippen molar-refractivity contribution in [1.82, 2.24) is 0 Å². The summed E-state index contributed by atoms with van der Waals surface area (Å²) in [6, 6.07) is 9.98. The van der Waals surface area contributed by atoms with Crippen LogP contribution in [0.5, 0.6) is 0 Å². The van der Waals surface area contributed by atoms with Crippen molar-refractivity contribution in [2.45, 2.75) is 40.7 Å². The molecule has 0 spiro atoms. The average molecular weight is 411 g/mol. The summed E-state index contributed by atoms with van der Waals surface area (Å²) in [5.41, 5.74) is 3.22. The molecule has 3 amide bonds. The SMILES string of the molecule is CC(=O)Nc1cc(NC(C)=O)cc(C(=O)O[C@@H](C)C(=O)Nc2cc(C)ccc2C)c1. The van der Waals surface area contributed by atoms with Gasteiger partial charge in [-0.15, -0.1) is 0 Å². The molecule has 8 nitrogen and oxygen atoms in total. The predicted octanol–water partition coefficient (Wildman–Crippen LogP) is 3.40. The molecule has 0 aromatic heterocycles. The molecule has 0 aliphatic rings. The van der Waals surface area contributed by atoms with Crippen LogP contribution in [0.25, 0.3) is 0 Å². The molecule has 2 rings (SSSR count). The van der Waals surface area contributed by atoms with E-state index in [-0.39, 0.29) is 17.4 Å². The fourth-order valence-electron chi connectivity index (χ4n) is 2.68. The number of hydrogen-bond acceptors (Lipinski definition) is 5. The maximum atomic E-state index is 12.6. The molecule has 0 unspecified atom stereocenters. The molecule has 0 fully saturated rings. The Morgan fingerprint density at radius 2 is 1.40 bits per heavy atom. The molecule has 0 aliphatic heterocycles. The second-order valence-corrected chi connectivity index (χ2v) is 7.02. The van der Waals surface area contributed by atoms with Crippen molar-refractivity contribution in [3.63, 3.8) is 0 Å². The van der Waals surface area contributed by atoms with Gasteiger partial charge >= 0.3 is 5.97 Å². The Morgan fingerprint density at radius 3 is 1.93 bits per heavy atom. The van der Waals surface area contributed by atoms with Crippen molar-refractivity contribution in [2.75, 3.05) is 16.0 Å². The summed E-state index contributed by atoms with van der Waals surface area (Å²) in [5, 5.41) is 7.87. The number of benzene rings is 2. The third-order valence-corrected chi connectivity index (χ3v) is 4.11. The minimum Gasteiger partial charge on any atom is -0.449 e. The molecule has 0 bridgehead atoms. The van der Waals surface area contributed by atoms with Gasteiger partial charge in [0.25, 0.3) is 5.91 Å². The standard InChI is InChI=1S/C22H25N3O5/c1-12-6-7-13(2)20(8-12)25-21(28)14(3)30-22(29)17-9-18(23-15(4)26)11-19(10-17)24-16(5)27/h6-11,14H,1-5H3,(H,23,26)(H,24,27)(H,25,28)/t14-/m0/s1. The first-order valence-corrected chi connectivity index (χ1v) is 9.34. The van der Waals surface area contributed by atoms with E-state index in [4.69, 9.17) is 4.74 Å². The summed E-state index contributed by atoms with van der Waals surface area (Å²) >= 11 is 0. The zero-order valence-corrected chi connectivity index (χ0v) is 17.6. The molecule has 2 aromatic carbocycles. The largest absolute Gasteiger partial charge is 0.449 e. The van der Waals surface area contributed by atoms with Gasteiger partial charge in [0, 0.05) is 30.9 Å². The van der Waals surface area contributed by atoms with Gasteiger partial charge in [0.1, 0.15) is 0 Å². The molecule has 0 radical (unpaired) electrons. The summed E-state index contributed by atoms with van der Waals surface area (Å²) in [7, 11) is 0. The van der Waals surface area contributed by atoms with E-state index in [0.717, 1.165) is 11.1 Å². The zero-order chi connectivity index (χ0) is 22.4. The van der Waals surface area contributed by atoms with E-state index in [1.165, 1.54) is 39.0 Å². The van der Waals surface area contributed by atoms with Crippen molar-refractivity contribution < 1.29 is 23.9 Å². The average Bonchev–Trinajstić information content (AvgIpc) is 2.63. The number of amides is 3. The second-order valence-electron chi connectivity index (χ2n) is 7.02. The van der Waals surface area contributed by atoms with Crippen LogP contribution in [-0.4, -0.2) is 29.8 Å². The van der Waals surface area contributed by atoms with E-state index in [2.05, 4.69) is 16.0 Å². The molecule has 1 atom stereocenters. The van der Waals surface area contributed by atoms with Gasteiger partial charge in [0.05, 0.1) is 5.56 Å². The summed E-state index contributed by atoms with van der Waals surface area (Å²) in [6.45, 7) is 7.88. The molecule has 30 heavy (non-hydrogen) atoms. The summed E-state index contributed by atoms with van der Waals surface area (Å²) in [4.78, 5) is 47.8. The molecule has 0 saturated heterocycles. The van der Waals surface area contributed by atoms with Crippen molar-refractivity contribution in [2.24, 2.45) is 0 Å². The highest BCUT2D eigenvalue weighted by Gasteiger charge is 2.21. The molecule has 0 heterocycles. The molecule has 8 heteroatoms. The third-order valence-electron chi connectivity index (χ3n) is 4.11. The van der Waals surface area contributed by atoms with Crippen LogP contribution in [0.1, 0.15) is 42.3 Å². The number of nitrogens with one attached hydrogen (secondary N) is 3. The number of carbonyl (C=O) groups is 4. The first-order chi connectivity index (χ1) is 14.0. The predicted molar refractivity (Wildman–Crippen MR) is 114 cm³/mol. The summed E-state index contributed by atoms with van der Waals surface area (Å²) < 4.78 is 5.28. The van der Waals surface area contributed by atoms with Crippen molar-refractivity contribution in [1.29, 1.82) is 0 Å². The summed E-state index contributed by atoms with van der Waals surface area (Å²) in [6.07, 6.45) is -1.06. The monoisotopic (exact) mass is 411 g/mol. The first kappa shape index (κ1) is 22.6. The van der Waals surface area contributed by atoms with Crippen LogP contribution >= 0.6 is 0 Å². The van der Waals surface area contributed by atoms with E-state index >= 15 is 0 Å². The fraction of sp³-hybridized carbons (Fsp3) is 0.273.